The molecular weight excluding hydrogens is 312 g/mol. The summed E-state index contributed by atoms with van der Waals surface area (Å²) in [6.07, 6.45) is 0. The molecule has 0 aliphatic carbocycles. The molecule has 122 valence electrons. The second kappa shape index (κ2) is 6.13. The van der Waals surface area contributed by atoms with Gasteiger partial charge in [0, 0.05) is 10.9 Å². The maximum Gasteiger partial charge on any atom is 0.222 e. The van der Waals surface area contributed by atoms with Gasteiger partial charge < -0.3 is 16.2 Å². The summed E-state index contributed by atoms with van der Waals surface area (Å²) in [5.74, 6) is 2.09. The van der Waals surface area contributed by atoms with E-state index in [0.717, 1.165) is 28.0 Å². The Morgan fingerprint density at radius 1 is 0.760 bits per heavy atom. The van der Waals surface area contributed by atoms with Gasteiger partial charge in [-0.15, -0.1) is 0 Å². The fraction of sp³-hybridized carbons (Fsp3) is 0. The molecule has 0 bridgehead atoms. The summed E-state index contributed by atoms with van der Waals surface area (Å²) in [7, 11) is 0. The van der Waals surface area contributed by atoms with E-state index >= 15 is 0 Å². The van der Waals surface area contributed by atoms with Crippen LogP contribution in [0.25, 0.3) is 22.0 Å². The van der Waals surface area contributed by atoms with Crippen molar-refractivity contribution in [2.75, 3.05) is 11.5 Å². The number of fused-ring (bicyclic) bond motifs is 1. The highest BCUT2D eigenvalue weighted by Gasteiger charge is 2.10. The van der Waals surface area contributed by atoms with Gasteiger partial charge in [-0.05, 0) is 35.9 Å². The van der Waals surface area contributed by atoms with Crippen molar-refractivity contribution in [3.05, 3.63) is 72.8 Å². The molecule has 5 heteroatoms. The van der Waals surface area contributed by atoms with E-state index in [1.165, 1.54) is 0 Å². The Hall–Kier alpha value is -3.60. The molecule has 0 aliphatic heterocycles. The van der Waals surface area contributed by atoms with Gasteiger partial charge >= 0.3 is 0 Å². The van der Waals surface area contributed by atoms with Gasteiger partial charge in [0.2, 0.25) is 5.95 Å². The molecule has 4 N–H and O–H groups in total. The third kappa shape index (κ3) is 2.95. The number of hydrogen-bond acceptors (Lipinski definition) is 5. The largest absolute Gasteiger partial charge is 0.457 e. The average Bonchev–Trinajstić information content (AvgIpc) is 2.62. The molecule has 4 rings (SSSR count). The average molecular weight is 328 g/mol. The SMILES string of the molecule is Nc1nc(N)c2ccc(-c3ccccc3Oc3ccccc3)cc2n1. The van der Waals surface area contributed by atoms with Crippen molar-refractivity contribution in [2.24, 2.45) is 0 Å². The minimum atomic E-state index is 0.163. The molecule has 0 saturated carbocycles. The Kier molecular flexibility index (Phi) is 3.67. The molecule has 0 saturated heterocycles. The smallest absolute Gasteiger partial charge is 0.222 e. The van der Waals surface area contributed by atoms with E-state index in [1.54, 1.807) is 0 Å². The Morgan fingerprint density at radius 3 is 2.36 bits per heavy atom. The lowest BCUT2D eigenvalue weighted by Crippen LogP contribution is -2.00. The minimum absolute atomic E-state index is 0.163. The van der Waals surface area contributed by atoms with Crippen molar-refractivity contribution in [3.8, 4) is 22.6 Å². The van der Waals surface area contributed by atoms with Crippen LogP contribution in [-0.2, 0) is 0 Å². The number of nitrogen functional groups attached to an aromatic ring is 2. The Morgan fingerprint density at radius 2 is 1.52 bits per heavy atom. The topological polar surface area (TPSA) is 87.0 Å². The predicted molar refractivity (Wildman–Crippen MR) is 100 cm³/mol. The first-order chi connectivity index (χ1) is 12.2. The third-order valence-electron chi connectivity index (χ3n) is 3.91. The van der Waals surface area contributed by atoms with Crippen molar-refractivity contribution >= 4 is 22.7 Å². The monoisotopic (exact) mass is 328 g/mol. The van der Waals surface area contributed by atoms with Crippen LogP contribution in [0.1, 0.15) is 0 Å². The first-order valence-corrected chi connectivity index (χ1v) is 7.86. The molecule has 0 fully saturated rings. The summed E-state index contributed by atoms with van der Waals surface area (Å²) in [5.41, 5.74) is 14.3. The van der Waals surface area contributed by atoms with Gasteiger partial charge in [0.1, 0.15) is 17.3 Å². The predicted octanol–water partition coefficient (Wildman–Crippen LogP) is 4.25. The van der Waals surface area contributed by atoms with Crippen LogP contribution in [0.5, 0.6) is 11.5 Å². The molecule has 3 aromatic carbocycles. The quantitative estimate of drug-likeness (QED) is 0.587. The number of aromatic nitrogens is 2. The van der Waals surface area contributed by atoms with Crippen molar-refractivity contribution < 1.29 is 4.74 Å². The van der Waals surface area contributed by atoms with Gasteiger partial charge in [-0.25, -0.2) is 4.98 Å². The summed E-state index contributed by atoms with van der Waals surface area (Å²) in [6, 6.07) is 23.4. The molecule has 25 heavy (non-hydrogen) atoms. The van der Waals surface area contributed by atoms with Crippen LogP contribution in [0.2, 0.25) is 0 Å². The fourth-order valence-corrected chi connectivity index (χ4v) is 2.75. The van der Waals surface area contributed by atoms with Crippen molar-refractivity contribution in [1.29, 1.82) is 0 Å². The van der Waals surface area contributed by atoms with Crippen molar-refractivity contribution in [2.45, 2.75) is 0 Å². The zero-order valence-corrected chi connectivity index (χ0v) is 13.4. The first-order valence-electron chi connectivity index (χ1n) is 7.86. The number of benzene rings is 3. The van der Waals surface area contributed by atoms with E-state index in [4.69, 9.17) is 16.2 Å². The van der Waals surface area contributed by atoms with E-state index in [0.29, 0.717) is 11.3 Å². The van der Waals surface area contributed by atoms with Crippen LogP contribution in [0.4, 0.5) is 11.8 Å². The van der Waals surface area contributed by atoms with Crippen LogP contribution in [0.15, 0.2) is 72.8 Å². The van der Waals surface area contributed by atoms with E-state index < -0.39 is 0 Å². The molecular formula is C20H16N4O. The van der Waals surface area contributed by atoms with E-state index in [-0.39, 0.29) is 5.95 Å². The number of rotatable bonds is 3. The normalized spacial score (nSPS) is 10.7. The Labute approximate surface area is 144 Å². The van der Waals surface area contributed by atoms with Gasteiger partial charge in [-0.3, -0.25) is 0 Å². The summed E-state index contributed by atoms with van der Waals surface area (Å²) in [5, 5.41) is 0.777. The van der Waals surface area contributed by atoms with E-state index in [9.17, 15) is 0 Å². The molecule has 0 amide bonds. The van der Waals surface area contributed by atoms with Gasteiger partial charge in [0.15, 0.2) is 0 Å². The van der Waals surface area contributed by atoms with Crippen LogP contribution in [-0.4, -0.2) is 9.97 Å². The second-order valence-electron chi connectivity index (χ2n) is 5.61. The lowest BCUT2D eigenvalue weighted by Gasteiger charge is -2.12. The van der Waals surface area contributed by atoms with Gasteiger partial charge in [-0.2, -0.15) is 4.98 Å². The molecule has 0 unspecified atom stereocenters. The molecule has 5 nitrogen and oxygen atoms in total. The first kappa shape index (κ1) is 15.0. The standard InChI is InChI=1S/C20H16N4O/c21-19-16-11-10-13(12-17(16)23-20(22)24-19)15-8-4-5-9-18(15)25-14-6-2-1-3-7-14/h1-12H,(H4,21,22,23,24). The number of anilines is 2. The lowest BCUT2D eigenvalue weighted by atomic mass is 10.0. The van der Waals surface area contributed by atoms with Crippen LogP contribution >= 0.6 is 0 Å². The molecule has 0 spiro atoms. The molecule has 1 aromatic heterocycles. The zero-order chi connectivity index (χ0) is 17.2. The number of ether oxygens (including phenoxy) is 1. The summed E-state index contributed by atoms with van der Waals surface area (Å²) in [6.45, 7) is 0. The molecule has 0 radical (unpaired) electrons. The Balaban J connectivity index is 1.81. The number of nitrogens with two attached hydrogens (primary N) is 2. The summed E-state index contributed by atoms with van der Waals surface area (Å²) >= 11 is 0. The van der Waals surface area contributed by atoms with Crippen LogP contribution in [0.3, 0.4) is 0 Å². The number of para-hydroxylation sites is 2. The van der Waals surface area contributed by atoms with Gasteiger partial charge in [0.05, 0.1) is 5.52 Å². The second-order valence-corrected chi connectivity index (χ2v) is 5.61. The summed E-state index contributed by atoms with van der Waals surface area (Å²) < 4.78 is 6.04. The summed E-state index contributed by atoms with van der Waals surface area (Å²) in [4.78, 5) is 8.28. The number of hydrogen-bond donors (Lipinski definition) is 2. The molecule has 0 atom stereocenters. The fourth-order valence-electron chi connectivity index (χ4n) is 2.75. The maximum absolute atomic E-state index is 6.04. The van der Waals surface area contributed by atoms with Crippen molar-refractivity contribution in [1.82, 2.24) is 9.97 Å². The van der Waals surface area contributed by atoms with Crippen LogP contribution in [0, 0.1) is 0 Å². The molecule has 1 heterocycles. The van der Waals surface area contributed by atoms with E-state index in [1.807, 2.05) is 72.8 Å². The number of nitrogens with zero attached hydrogens (tertiary/aromatic N) is 2. The highest BCUT2D eigenvalue weighted by Crippen LogP contribution is 2.34. The highest BCUT2D eigenvalue weighted by atomic mass is 16.5. The Bertz CT molecular complexity index is 1050. The van der Waals surface area contributed by atoms with Crippen LogP contribution < -0.4 is 16.2 Å². The highest BCUT2D eigenvalue weighted by molar-refractivity contribution is 5.92. The van der Waals surface area contributed by atoms with Gasteiger partial charge in [-0.1, -0.05) is 42.5 Å². The third-order valence-corrected chi connectivity index (χ3v) is 3.91. The van der Waals surface area contributed by atoms with Crippen molar-refractivity contribution in [3.63, 3.8) is 0 Å². The zero-order valence-electron chi connectivity index (χ0n) is 13.4. The van der Waals surface area contributed by atoms with E-state index in [2.05, 4.69) is 9.97 Å². The maximum atomic E-state index is 6.04. The van der Waals surface area contributed by atoms with Gasteiger partial charge in [0.25, 0.3) is 0 Å². The molecule has 4 aromatic rings. The minimum Gasteiger partial charge on any atom is -0.457 e. The lowest BCUT2D eigenvalue weighted by molar-refractivity contribution is 0.484. The molecule has 0 aliphatic rings.